The van der Waals surface area contributed by atoms with Crippen LogP contribution < -0.4 is 0 Å². The maximum absolute atomic E-state index is 13.5. The fourth-order valence-electron chi connectivity index (χ4n) is 4.08. The Morgan fingerprint density at radius 1 is 0.816 bits per heavy atom. The van der Waals surface area contributed by atoms with Gasteiger partial charge in [-0.15, -0.1) is 5.10 Å². The molecule has 2 N–H and O–H groups in total. The van der Waals surface area contributed by atoms with Crippen LogP contribution in [0.15, 0.2) is 91.0 Å². The van der Waals surface area contributed by atoms with E-state index >= 15 is 0 Å². The Labute approximate surface area is 215 Å². The van der Waals surface area contributed by atoms with Gasteiger partial charge in [-0.3, -0.25) is 4.79 Å². The second-order valence-corrected chi connectivity index (χ2v) is 8.63. The van der Waals surface area contributed by atoms with Gasteiger partial charge in [0.25, 0.3) is 0 Å². The lowest BCUT2D eigenvalue weighted by molar-refractivity contribution is -0.137. The number of hydrogen-bond donors (Lipinski definition) is 2. The van der Waals surface area contributed by atoms with E-state index in [9.17, 15) is 28.2 Å². The van der Waals surface area contributed by atoms with Gasteiger partial charge in [0.1, 0.15) is 11.5 Å². The number of aromatic hydroxyl groups is 2. The zero-order valence-corrected chi connectivity index (χ0v) is 19.9. The number of phenols is 2. The lowest BCUT2D eigenvalue weighted by Crippen LogP contribution is -2.10. The largest absolute Gasteiger partial charge is 0.507 e. The summed E-state index contributed by atoms with van der Waals surface area (Å²) in [5.74, 6) is -1.02. The maximum Gasteiger partial charge on any atom is 0.416 e. The number of nitrogens with zero attached hydrogens (tertiary/aromatic N) is 3. The lowest BCUT2D eigenvalue weighted by atomic mass is 10.00. The van der Waals surface area contributed by atoms with Gasteiger partial charge < -0.3 is 10.2 Å². The monoisotopic (exact) mass is 515 g/mol. The molecule has 5 rings (SSSR count). The Kier molecular flexibility index (Phi) is 6.20. The van der Waals surface area contributed by atoms with Gasteiger partial charge in [-0.1, -0.05) is 48.5 Å². The van der Waals surface area contributed by atoms with E-state index in [2.05, 4.69) is 10.1 Å². The van der Waals surface area contributed by atoms with E-state index in [0.717, 1.165) is 17.7 Å². The Morgan fingerprint density at radius 2 is 1.53 bits per heavy atom. The molecule has 6 nitrogen and oxygen atoms in total. The van der Waals surface area contributed by atoms with Crippen LogP contribution >= 0.6 is 0 Å². The molecule has 0 bridgehead atoms. The highest BCUT2D eigenvalue weighted by Gasteiger charge is 2.32. The number of alkyl halides is 3. The minimum absolute atomic E-state index is 0.0444. The molecule has 0 aliphatic heterocycles. The van der Waals surface area contributed by atoms with Gasteiger partial charge in [0.05, 0.1) is 22.4 Å². The zero-order valence-electron chi connectivity index (χ0n) is 19.9. The summed E-state index contributed by atoms with van der Waals surface area (Å²) in [4.78, 5) is 18.0. The predicted octanol–water partition coefficient (Wildman–Crippen LogP) is 6.57. The summed E-state index contributed by atoms with van der Waals surface area (Å²) >= 11 is 0. The predicted molar refractivity (Wildman–Crippen MR) is 135 cm³/mol. The van der Waals surface area contributed by atoms with Crippen molar-refractivity contribution < 1.29 is 28.2 Å². The molecule has 1 heterocycles. The fourth-order valence-corrected chi connectivity index (χ4v) is 4.08. The Morgan fingerprint density at radius 3 is 2.21 bits per heavy atom. The first-order valence-corrected chi connectivity index (χ1v) is 11.5. The van der Waals surface area contributed by atoms with Crippen LogP contribution in [-0.4, -0.2) is 30.8 Å². The average molecular weight is 515 g/mol. The molecular formula is C29H20F3N3O3. The molecule has 1 aromatic heterocycles. The number of aryl methyl sites for hydroxylation is 1. The molecule has 0 aliphatic rings. The normalized spacial score (nSPS) is 11.5. The summed E-state index contributed by atoms with van der Waals surface area (Å²) in [6.07, 6.45) is -4.64. The second kappa shape index (κ2) is 9.51. The van der Waals surface area contributed by atoms with Crippen molar-refractivity contribution in [2.45, 2.75) is 13.1 Å². The van der Waals surface area contributed by atoms with Crippen molar-refractivity contribution in [1.82, 2.24) is 14.8 Å². The van der Waals surface area contributed by atoms with E-state index in [-0.39, 0.29) is 34.3 Å². The van der Waals surface area contributed by atoms with Crippen molar-refractivity contribution in [1.29, 1.82) is 0 Å². The SMILES string of the molecule is Cc1ccc(C(=O)c2ccccc2)c(-n2nc(-c3ccc(C(F)(F)F)cc3O)nc2-c2ccccc2O)c1. The van der Waals surface area contributed by atoms with E-state index < -0.39 is 17.5 Å². The molecule has 190 valence electrons. The molecule has 0 saturated carbocycles. The van der Waals surface area contributed by atoms with Crippen LogP contribution in [-0.2, 0) is 6.18 Å². The number of carbonyl (C=O) groups excluding carboxylic acids is 1. The molecule has 0 atom stereocenters. The molecule has 38 heavy (non-hydrogen) atoms. The van der Waals surface area contributed by atoms with Crippen LogP contribution in [0.5, 0.6) is 11.5 Å². The first-order valence-electron chi connectivity index (χ1n) is 11.5. The molecule has 5 aromatic rings. The molecule has 0 fully saturated rings. The number of ketones is 1. The smallest absolute Gasteiger partial charge is 0.416 e. The fraction of sp³-hybridized carbons (Fsp3) is 0.0690. The standard InChI is InChI=1S/C29H20F3N3O3/c1-17-11-13-20(26(38)18-7-3-2-4-8-18)23(15-17)35-28(22-9-5-6-10-24(22)36)33-27(34-35)21-14-12-19(16-25(21)37)29(30,31)32/h2-16,36-37H,1H3. The Balaban J connectivity index is 1.75. The summed E-state index contributed by atoms with van der Waals surface area (Å²) in [6.45, 7) is 1.83. The zero-order chi connectivity index (χ0) is 27.0. The molecule has 0 unspecified atom stereocenters. The van der Waals surface area contributed by atoms with E-state index in [1.165, 1.54) is 10.7 Å². The van der Waals surface area contributed by atoms with Gasteiger partial charge in [-0.05, 0) is 55.0 Å². The van der Waals surface area contributed by atoms with E-state index in [1.54, 1.807) is 66.7 Å². The maximum atomic E-state index is 13.5. The van der Waals surface area contributed by atoms with Gasteiger partial charge in [-0.2, -0.15) is 13.2 Å². The molecule has 9 heteroatoms. The highest BCUT2D eigenvalue weighted by molar-refractivity contribution is 6.11. The first-order chi connectivity index (χ1) is 18.1. The van der Waals surface area contributed by atoms with Crippen molar-refractivity contribution >= 4 is 5.78 Å². The quantitative estimate of drug-likeness (QED) is 0.259. The third-order valence-electron chi connectivity index (χ3n) is 5.98. The van der Waals surface area contributed by atoms with Crippen molar-refractivity contribution in [3.05, 3.63) is 113 Å². The van der Waals surface area contributed by atoms with Gasteiger partial charge in [0, 0.05) is 11.1 Å². The minimum Gasteiger partial charge on any atom is -0.507 e. The number of phenolic OH excluding ortho intramolecular Hbond substituents is 2. The number of para-hydroxylation sites is 1. The first kappa shape index (κ1) is 24.8. The number of rotatable bonds is 5. The van der Waals surface area contributed by atoms with Crippen LogP contribution in [0, 0.1) is 6.92 Å². The molecule has 0 saturated heterocycles. The van der Waals surface area contributed by atoms with Gasteiger partial charge in [-0.25, -0.2) is 9.67 Å². The van der Waals surface area contributed by atoms with Crippen LogP contribution in [0.3, 0.4) is 0 Å². The van der Waals surface area contributed by atoms with E-state index in [1.807, 2.05) is 6.92 Å². The molecule has 0 spiro atoms. The topological polar surface area (TPSA) is 88.2 Å². The van der Waals surface area contributed by atoms with Crippen LogP contribution in [0.4, 0.5) is 13.2 Å². The summed E-state index contributed by atoms with van der Waals surface area (Å²) in [7, 11) is 0. The van der Waals surface area contributed by atoms with E-state index in [4.69, 9.17) is 0 Å². The van der Waals surface area contributed by atoms with Crippen LogP contribution in [0.1, 0.15) is 27.0 Å². The number of hydrogen-bond acceptors (Lipinski definition) is 5. The van der Waals surface area contributed by atoms with Crippen molar-refractivity contribution in [2.24, 2.45) is 0 Å². The molecular weight excluding hydrogens is 495 g/mol. The summed E-state index contributed by atoms with van der Waals surface area (Å²) < 4.78 is 40.8. The molecule has 4 aromatic carbocycles. The van der Waals surface area contributed by atoms with E-state index in [0.29, 0.717) is 22.9 Å². The third-order valence-corrected chi connectivity index (χ3v) is 5.98. The van der Waals surface area contributed by atoms with Crippen LogP contribution in [0.2, 0.25) is 0 Å². The highest BCUT2D eigenvalue weighted by atomic mass is 19.4. The molecule has 0 amide bonds. The second-order valence-electron chi connectivity index (χ2n) is 8.63. The Bertz CT molecular complexity index is 1660. The molecule has 0 radical (unpaired) electrons. The average Bonchev–Trinajstić information content (AvgIpc) is 3.33. The van der Waals surface area contributed by atoms with Crippen molar-refractivity contribution in [2.75, 3.05) is 0 Å². The van der Waals surface area contributed by atoms with Crippen LogP contribution in [0.25, 0.3) is 28.5 Å². The number of benzene rings is 4. The highest BCUT2D eigenvalue weighted by Crippen LogP contribution is 2.38. The summed E-state index contributed by atoms with van der Waals surface area (Å²) in [5.41, 5.74) is 1.11. The Hall–Kier alpha value is -4.92. The van der Waals surface area contributed by atoms with Crippen molar-refractivity contribution in [3.63, 3.8) is 0 Å². The summed E-state index contributed by atoms with van der Waals surface area (Å²) in [6, 6.07) is 22.7. The minimum atomic E-state index is -4.64. The number of carbonyl (C=O) groups is 1. The lowest BCUT2D eigenvalue weighted by Gasteiger charge is -2.13. The molecule has 0 aliphatic carbocycles. The summed E-state index contributed by atoms with van der Waals surface area (Å²) in [5, 5.41) is 25.5. The number of aromatic nitrogens is 3. The van der Waals surface area contributed by atoms with Gasteiger partial charge in [0.2, 0.25) is 0 Å². The number of halogens is 3. The van der Waals surface area contributed by atoms with Gasteiger partial charge in [0.15, 0.2) is 17.4 Å². The van der Waals surface area contributed by atoms with Gasteiger partial charge >= 0.3 is 6.18 Å². The third kappa shape index (κ3) is 4.61. The van der Waals surface area contributed by atoms with Crippen molar-refractivity contribution in [3.8, 4) is 40.0 Å².